The maximum Gasteiger partial charge on any atom is 0.335 e. The van der Waals surface area contributed by atoms with Crippen molar-refractivity contribution in [3.8, 4) is 23.5 Å². The van der Waals surface area contributed by atoms with Crippen LogP contribution in [0.3, 0.4) is 0 Å². The van der Waals surface area contributed by atoms with Gasteiger partial charge >= 0.3 is 5.97 Å². The molecular formula is C11H12N2O6. The van der Waals surface area contributed by atoms with Crippen LogP contribution in [-0.2, 0) is 11.3 Å². The van der Waals surface area contributed by atoms with Gasteiger partial charge in [-0.05, 0) is 0 Å². The number of aromatic hydroxyl groups is 4. The Kier molecular flexibility index (Phi) is 3.23. The zero-order valence-electron chi connectivity index (χ0n) is 9.72. The standard InChI is InChI=1S/C11H12N2O6/c14-7-1-2-8(15)12(7)6-5-11(18)19-13-9(16)3-4-10(13)17/h1-4,14-17H,5-6H2. The molecule has 0 atom stereocenters. The first kappa shape index (κ1) is 12.7. The van der Waals surface area contributed by atoms with Crippen LogP contribution >= 0.6 is 0 Å². The number of rotatable bonds is 4. The summed E-state index contributed by atoms with van der Waals surface area (Å²) in [6.45, 7) is -0.00765. The second-order valence-corrected chi connectivity index (χ2v) is 3.76. The lowest BCUT2D eigenvalue weighted by Gasteiger charge is -2.08. The van der Waals surface area contributed by atoms with Crippen molar-refractivity contribution < 1.29 is 30.1 Å². The van der Waals surface area contributed by atoms with Gasteiger partial charge in [0.25, 0.3) is 0 Å². The highest BCUT2D eigenvalue weighted by molar-refractivity contribution is 5.69. The lowest BCUT2D eigenvalue weighted by molar-refractivity contribution is -0.145. The number of carbonyl (C=O) groups is 1. The molecule has 0 aliphatic rings. The van der Waals surface area contributed by atoms with Crippen LogP contribution in [0.15, 0.2) is 24.3 Å². The Balaban J connectivity index is 1.96. The van der Waals surface area contributed by atoms with Crippen LogP contribution in [0, 0.1) is 0 Å². The molecule has 0 spiro atoms. The van der Waals surface area contributed by atoms with E-state index in [2.05, 4.69) is 0 Å². The summed E-state index contributed by atoms with van der Waals surface area (Å²) in [6.07, 6.45) is -0.174. The number of aromatic nitrogens is 2. The highest BCUT2D eigenvalue weighted by Crippen LogP contribution is 2.22. The highest BCUT2D eigenvalue weighted by Gasteiger charge is 2.13. The van der Waals surface area contributed by atoms with Crippen molar-refractivity contribution in [2.45, 2.75) is 13.0 Å². The normalized spacial score (nSPS) is 10.5. The first-order valence-electron chi connectivity index (χ1n) is 5.37. The molecule has 0 bridgehead atoms. The van der Waals surface area contributed by atoms with E-state index in [1.54, 1.807) is 0 Å². The Morgan fingerprint density at radius 3 is 1.95 bits per heavy atom. The van der Waals surface area contributed by atoms with Gasteiger partial charge in [0.2, 0.25) is 11.8 Å². The predicted octanol–water partition coefficient (Wildman–Crippen LogP) is 0.157. The van der Waals surface area contributed by atoms with E-state index in [-0.39, 0.29) is 24.7 Å². The van der Waals surface area contributed by atoms with Gasteiger partial charge in [-0.3, -0.25) is 4.57 Å². The zero-order valence-corrected chi connectivity index (χ0v) is 9.72. The van der Waals surface area contributed by atoms with Gasteiger partial charge in [-0.2, -0.15) is 0 Å². The molecule has 4 N–H and O–H groups in total. The Morgan fingerprint density at radius 1 is 0.947 bits per heavy atom. The van der Waals surface area contributed by atoms with Crippen molar-refractivity contribution >= 4 is 5.97 Å². The van der Waals surface area contributed by atoms with Crippen molar-refractivity contribution in [2.24, 2.45) is 0 Å². The number of hydrogen-bond donors (Lipinski definition) is 4. The third-order valence-corrected chi connectivity index (χ3v) is 2.46. The molecule has 102 valence electrons. The van der Waals surface area contributed by atoms with E-state index in [9.17, 15) is 25.2 Å². The Morgan fingerprint density at radius 2 is 1.42 bits per heavy atom. The molecule has 0 fully saturated rings. The maximum absolute atomic E-state index is 11.5. The second-order valence-electron chi connectivity index (χ2n) is 3.76. The van der Waals surface area contributed by atoms with Gasteiger partial charge in [-0.15, -0.1) is 4.73 Å². The van der Waals surface area contributed by atoms with Gasteiger partial charge in [0.15, 0.2) is 11.8 Å². The molecule has 2 aromatic heterocycles. The number of nitrogens with zero attached hydrogens (tertiary/aromatic N) is 2. The fourth-order valence-corrected chi connectivity index (χ4v) is 1.52. The van der Waals surface area contributed by atoms with E-state index >= 15 is 0 Å². The van der Waals surface area contributed by atoms with Crippen molar-refractivity contribution in [1.82, 2.24) is 9.30 Å². The van der Waals surface area contributed by atoms with Gasteiger partial charge in [0.1, 0.15) is 0 Å². The topological polar surface area (TPSA) is 117 Å². The SMILES string of the molecule is O=C(CCn1c(O)ccc1O)On1c(O)ccc1O. The minimum absolute atomic E-state index is 0.00765. The smallest absolute Gasteiger partial charge is 0.335 e. The Hall–Kier alpha value is -2.77. The monoisotopic (exact) mass is 268 g/mol. The van der Waals surface area contributed by atoms with Gasteiger partial charge < -0.3 is 25.3 Å². The van der Waals surface area contributed by atoms with Crippen molar-refractivity contribution in [1.29, 1.82) is 0 Å². The van der Waals surface area contributed by atoms with E-state index < -0.39 is 17.7 Å². The first-order valence-corrected chi connectivity index (χ1v) is 5.37. The minimum atomic E-state index is -0.755. The van der Waals surface area contributed by atoms with Crippen molar-refractivity contribution in [2.75, 3.05) is 0 Å². The summed E-state index contributed by atoms with van der Waals surface area (Å²) in [6, 6.07) is 4.88. The third-order valence-electron chi connectivity index (χ3n) is 2.46. The van der Waals surface area contributed by atoms with Gasteiger partial charge in [-0.25, -0.2) is 4.79 Å². The summed E-state index contributed by atoms with van der Waals surface area (Å²) in [7, 11) is 0. The van der Waals surface area contributed by atoms with Crippen molar-refractivity contribution in [3.05, 3.63) is 24.3 Å². The fourth-order valence-electron chi connectivity index (χ4n) is 1.52. The molecule has 0 aromatic carbocycles. The molecule has 19 heavy (non-hydrogen) atoms. The van der Waals surface area contributed by atoms with Crippen LogP contribution in [-0.4, -0.2) is 35.7 Å². The molecule has 2 rings (SSSR count). The highest BCUT2D eigenvalue weighted by atomic mass is 16.7. The predicted molar refractivity (Wildman–Crippen MR) is 61.7 cm³/mol. The molecule has 2 aromatic rings. The Labute approximate surface area is 107 Å². The molecule has 0 saturated heterocycles. The average molecular weight is 268 g/mol. The van der Waals surface area contributed by atoms with Gasteiger partial charge in [0, 0.05) is 30.8 Å². The maximum atomic E-state index is 11.5. The van der Waals surface area contributed by atoms with E-state index in [4.69, 9.17) is 4.84 Å². The third kappa shape index (κ3) is 2.57. The summed E-state index contributed by atoms with van der Waals surface area (Å²) in [5.74, 6) is -1.96. The van der Waals surface area contributed by atoms with Crippen molar-refractivity contribution in [3.63, 3.8) is 0 Å². The Bertz CT molecular complexity index is 561. The van der Waals surface area contributed by atoms with E-state index in [1.165, 1.54) is 12.1 Å². The largest absolute Gasteiger partial charge is 0.494 e. The van der Waals surface area contributed by atoms with Crippen LogP contribution < -0.4 is 4.84 Å². The van der Waals surface area contributed by atoms with Crippen LogP contribution in [0.2, 0.25) is 0 Å². The molecule has 0 unspecified atom stereocenters. The average Bonchev–Trinajstić information content (AvgIpc) is 2.84. The van der Waals surface area contributed by atoms with E-state index in [1.807, 2.05) is 0 Å². The molecule has 0 saturated carbocycles. The molecule has 0 aliphatic carbocycles. The zero-order chi connectivity index (χ0) is 14.0. The number of carbonyl (C=O) groups excluding carboxylic acids is 1. The molecule has 2 heterocycles. The van der Waals surface area contributed by atoms with Crippen LogP contribution in [0.25, 0.3) is 0 Å². The summed E-state index contributed by atoms with van der Waals surface area (Å²) in [4.78, 5) is 16.2. The first-order chi connectivity index (χ1) is 8.99. The fraction of sp³-hybridized carbons (Fsp3) is 0.182. The summed E-state index contributed by atoms with van der Waals surface area (Å²) in [5.41, 5.74) is 0. The summed E-state index contributed by atoms with van der Waals surface area (Å²) in [5, 5.41) is 37.2. The molecule has 0 radical (unpaired) electrons. The molecule has 0 aliphatic heterocycles. The minimum Gasteiger partial charge on any atom is -0.494 e. The van der Waals surface area contributed by atoms with Crippen LogP contribution in [0.5, 0.6) is 23.5 Å². The van der Waals surface area contributed by atoms with E-state index in [0.29, 0.717) is 4.73 Å². The van der Waals surface area contributed by atoms with Crippen LogP contribution in [0.4, 0.5) is 0 Å². The molecule has 8 heteroatoms. The quantitative estimate of drug-likeness (QED) is 0.627. The lowest BCUT2D eigenvalue weighted by Crippen LogP contribution is -2.20. The summed E-state index contributed by atoms with van der Waals surface area (Å²) >= 11 is 0. The van der Waals surface area contributed by atoms with Gasteiger partial charge in [0.05, 0.1) is 6.42 Å². The molecule has 8 nitrogen and oxygen atoms in total. The summed E-state index contributed by atoms with van der Waals surface area (Å²) < 4.78 is 1.67. The van der Waals surface area contributed by atoms with Gasteiger partial charge in [-0.1, -0.05) is 0 Å². The molecule has 0 amide bonds. The lowest BCUT2D eigenvalue weighted by atomic mass is 10.4. The number of hydrogen-bond acceptors (Lipinski definition) is 6. The van der Waals surface area contributed by atoms with E-state index in [0.717, 1.165) is 16.7 Å². The van der Waals surface area contributed by atoms with Crippen LogP contribution in [0.1, 0.15) is 6.42 Å². The molecular weight excluding hydrogens is 256 g/mol. The second kappa shape index (κ2) is 4.84.